The minimum Gasteiger partial charge on any atom is -0.481 e. The van der Waals surface area contributed by atoms with Gasteiger partial charge in [0.1, 0.15) is 5.75 Å². The topological polar surface area (TPSA) is 87.7 Å². The summed E-state index contributed by atoms with van der Waals surface area (Å²) in [4.78, 5) is 21.9. The molecule has 1 aromatic carbocycles. The highest BCUT2D eigenvalue weighted by molar-refractivity contribution is 5.74. The number of carboxylic acid groups (broad SMARTS) is 1. The van der Waals surface area contributed by atoms with Crippen LogP contribution in [-0.4, -0.2) is 30.0 Å². The van der Waals surface area contributed by atoms with Gasteiger partial charge in [-0.05, 0) is 31.0 Å². The molecule has 0 aliphatic carbocycles. The Balaban J connectivity index is 2.43. The molecule has 1 rings (SSSR count). The third kappa shape index (κ3) is 7.93. The molecule has 0 unspecified atom stereocenters. The monoisotopic (exact) mass is 334 g/mol. The van der Waals surface area contributed by atoms with E-state index in [-0.39, 0.29) is 18.7 Å². The zero-order valence-corrected chi connectivity index (χ0v) is 12.3. The number of amides is 2. The Morgan fingerprint density at radius 1 is 1.26 bits per heavy atom. The molecule has 1 atom stereocenters. The number of carbonyl (C=O) groups excluding carboxylic acids is 1. The van der Waals surface area contributed by atoms with Crippen molar-refractivity contribution in [3.8, 4) is 5.75 Å². The summed E-state index contributed by atoms with van der Waals surface area (Å²) < 4.78 is 39.9. The molecule has 6 nitrogen and oxygen atoms in total. The van der Waals surface area contributed by atoms with Crippen LogP contribution >= 0.6 is 0 Å². The van der Waals surface area contributed by atoms with E-state index in [2.05, 4.69) is 15.4 Å². The Hall–Kier alpha value is -2.45. The molecule has 0 heterocycles. The van der Waals surface area contributed by atoms with E-state index in [1.165, 1.54) is 12.1 Å². The lowest BCUT2D eigenvalue weighted by molar-refractivity contribution is -0.274. The molecule has 0 saturated heterocycles. The third-order valence-electron chi connectivity index (χ3n) is 2.81. The van der Waals surface area contributed by atoms with Gasteiger partial charge in [-0.3, -0.25) is 4.79 Å². The van der Waals surface area contributed by atoms with Crippen LogP contribution in [0.1, 0.15) is 31.4 Å². The van der Waals surface area contributed by atoms with Crippen molar-refractivity contribution in [2.45, 2.75) is 32.2 Å². The van der Waals surface area contributed by atoms with Crippen molar-refractivity contribution < 1.29 is 32.6 Å². The molecule has 0 radical (unpaired) electrons. The number of urea groups is 1. The molecule has 0 bridgehead atoms. The largest absolute Gasteiger partial charge is 0.573 e. The standard InChI is InChI=1S/C14H17F3N2O4/c1-9(19-13(22)18-8-2-3-12(20)21)10-4-6-11(7-5-10)23-14(15,16)17/h4-7,9H,2-3,8H2,1H3,(H,20,21)(H2,18,19,22)/t9-/m0/s1. The Kier molecular flexibility index (Phi) is 6.67. The zero-order valence-electron chi connectivity index (χ0n) is 12.3. The minimum atomic E-state index is -4.75. The van der Waals surface area contributed by atoms with Gasteiger partial charge in [0.25, 0.3) is 0 Å². The van der Waals surface area contributed by atoms with Crippen molar-refractivity contribution >= 4 is 12.0 Å². The molecular weight excluding hydrogens is 317 g/mol. The number of carboxylic acids is 1. The number of hydrogen-bond donors (Lipinski definition) is 3. The summed E-state index contributed by atoms with van der Waals surface area (Å²) >= 11 is 0. The Morgan fingerprint density at radius 2 is 1.87 bits per heavy atom. The van der Waals surface area contributed by atoms with Crippen molar-refractivity contribution in [2.75, 3.05) is 6.54 Å². The highest BCUT2D eigenvalue weighted by Gasteiger charge is 2.31. The molecule has 2 amide bonds. The summed E-state index contributed by atoms with van der Waals surface area (Å²) in [6.45, 7) is 1.87. The second-order valence-electron chi connectivity index (χ2n) is 4.74. The quantitative estimate of drug-likeness (QED) is 0.669. The number of alkyl halides is 3. The van der Waals surface area contributed by atoms with Crippen LogP contribution in [0.25, 0.3) is 0 Å². The second kappa shape index (κ2) is 8.25. The molecule has 23 heavy (non-hydrogen) atoms. The number of hydrogen-bond acceptors (Lipinski definition) is 3. The van der Waals surface area contributed by atoms with Gasteiger partial charge in [0.2, 0.25) is 0 Å². The van der Waals surface area contributed by atoms with Crippen molar-refractivity contribution in [1.82, 2.24) is 10.6 Å². The number of aliphatic carboxylic acids is 1. The van der Waals surface area contributed by atoms with E-state index in [1.807, 2.05) is 0 Å². The van der Waals surface area contributed by atoms with E-state index in [0.29, 0.717) is 12.0 Å². The first kappa shape index (κ1) is 18.6. The Morgan fingerprint density at radius 3 is 2.39 bits per heavy atom. The van der Waals surface area contributed by atoms with Gasteiger partial charge in [-0.25, -0.2) is 4.79 Å². The van der Waals surface area contributed by atoms with Crippen LogP contribution in [0.3, 0.4) is 0 Å². The summed E-state index contributed by atoms with van der Waals surface area (Å²) in [6, 6.07) is 4.22. The molecule has 0 aliphatic rings. The summed E-state index contributed by atoms with van der Waals surface area (Å²) in [5.41, 5.74) is 0.597. The Bertz CT molecular complexity index is 532. The van der Waals surface area contributed by atoms with Crippen LogP contribution in [-0.2, 0) is 4.79 Å². The van der Waals surface area contributed by atoms with Gasteiger partial charge >= 0.3 is 18.4 Å². The summed E-state index contributed by atoms with van der Waals surface area (Å²) in [6.07, 6.45) is -4.49. The summed E-state index contributed by atoms with van der Waals surface area (Å²) in [5, 5.41) is 13.5. The molecule has 3 N–H and O–H groups in total. The molecule has 0 fully saturated rings. The fourth-order valence-corrected chi connectivity index (χ4v) is 1.73. The van der Waals surface area contributed by atoms with Crippen LogP contribution in [0.15, 0.2) is 24.3 Å². The molecule has 1 aromatic rings. The predicted octanol–water partition coefficient (Wildman–Crippen LogP) is 2.81. The number of benzene rings is 1. The van der Waals surface area contributed by atoms with E-state index >= 15 is 0 Å². The fraction of sp³-hybridized carbons (Fsp3) is 0.429. The van der Waals surface area contributed by atoms with Crippen LogP contribution in [0.2, 0.25) is 0 Å². The third-order valence-corrected chi connectivity index (χ3v) is 2.81. The maximum atomic E-state index is 12.0. The van der Waals surface area contributed by atoms with Crippen molar-refractivity contribution in [1.29, 1.82) is 0 Å². The normalized spacial score (nSPS) is 12.3. The number of ether oxygens (including phenoxy) is 1. The smallest absolute Gasteiger partial charge is 0.481 e. The van der Waals surface area contributed by atoms with Crippen LogP contribution < -0.4 is 15.4 Å². The molecule has 128 valence electrons. The first-order chi connectivity index (χ1) is 10.7. The maximum absolute atomic E-state index is 12.0. The van der Waals surface area contributed by atoms with Crippen molar-refractivity contribution in [3.05, 3.63) is 29.8 Å². The van der Waals surface area contributed by atoms with Gasteiger partial charge in [-0.15, -0.1) is 13.2 Å². The zero-order chi connectivity index (χ0) is 17.5. The van der Waals surface area contributed by atoms with Gasteiger partial charge in [-0.1, -0.05) is 12.1 Å². The van der Waals surface area contributed by atoms with Crippen LogP contribution in [0, 0.1) is 0 Å². The summed E-state index contributed by atoms with van der Waals surface area (Å²) in [7, 11) is 0. The van der Waals surface area contributed by atoms with Crippen molar-refractivity contribution in [3.63, 3.8) is 0 Å². The predicted molar refractivity (Wildman–Crippen MR) is 74.9 cm³/mol. The first-order valence-electron chi connectivity index (χ1n) is 6.79. The van der Waals surface area contributed by atoms with Crippen LogP contribution in [0.4, 0.5) is 18.0 Å². The fourth-order valence-electron chi connectivity index (χ4n) is 1.73. The minimum absolute atomic E-state index is 0.0451. The number of halogens is 3. The van der Waals surface area contributed by atoms with Gasteiger partial charge in [-0.2, -0.15) is 0 Å². The van der Waals surface area contributed by atoms with E-state index in [1.54, 1.807) is 6.92 Å². The Labute approximate surface area is 130 Å². The van der Waals surface area contributed by atoms with Gasteiger partial charge in [0.15, 0.2) is 0 Å². The highest BCUT2D eigenvalue weighted by atomic mass is 19.4. The maximum Gasteiger partial charge on any atom is 0.573 e. The average molecular weight is 334 g/mol. The van der Waals surface area contributed by atoms with Crippen molar-refractivity contribution in [2.24, 2.45) is 0 Å². The lowest BCUT2D eigenvalue weighted by Crippen LogP contribution is -2.37. The van der Waals surface area contributed by atoms with Gasteiger partial charge in [0.05, 0.1) is 6.04 Å². The van der Waals surface area contributed by atoms with Crippen LogP contribution in [0.5, 0.6) is 5.75 Å². The van der Waals surface area contributed by atoms with E-state index in [9.17, 15) is 22.8 Å². The summed E-state index contributed by atoms with van der Waals surface area (Å²) in [5.74, 6) is -1.28. The van der Waals surface area contributed by atoms with Gasteiger partial charge in [0, 0.05) is 13.0 Å². The molecule has 0 aliphatic heterocycles. The number of carbonyl (C=O) groups is 2. The molecule has 0 spiro atoms. The molecule has 0 saturated carbocycles. The number of nitrogens with one attached hydrogen (secondary N) is 2. The number of rotatable bonds is 7. The SMILES string of the molecule is C[C@H](NC(=O)NCCCC(=O)O)c1ccc(OC(F)(F)F)cc1. The highest BCUT2D eigenvalue weighted by Crippen LogP contribution is 2.24. The first-order valence-corrected chi connectivity index (χ1v) is 6.79. The molecular formula is C14H17F3N2O4. The second-order valence-corrected chi connectivity index (χ2v) is 4.74. The average Bonchev–Trinajstić information content (AvgIpc) is 2.42. The lowest BCUT2D eigenvalue weighted by Gasteiger charge is -2.16. The van der Waals surface area contributed by atoms with Gasteiger partial charge < -0.3 is 20.5 Å². The molecule has 0 aromatic heterocycles. The van der Waals surface area contributed by atoms with E-state index < -0.39 is 24.4 Å². The lowest BCUT2D eigenvalue weighted by atomic mass is 10.1. The van der Waals surface area contributed by atoms with E-state index in [4.69, 9.17) is 5.11 Å². The molecule has 9 heteroatoms. The van der Waals surface area contributed by atoms with E-state index in [0.717, 1.165) is 12.1 Å².